The molecule has 4 nitrogen and oxygen atoms in total. The van der Waals surface area contributed by atoms with Crippen molar-refractivity contribution in [3.63, 3.8) is 0 Å². The van der Waals surface area contributed by atoms with Gasteiger partial charge in [0.15, 0.2) is 23.2 Å². The first-order valence-corrected chi connectivity index (χ1v) is 10.8. The van der Waals surface area contributed by atoms with E-state index >= 15 is 0 Å². The zero-order valence-electron chi connectivity index (χ0n) is 19.0. The van der Waals surface area contributed by atoms with Crippen LogP contribution in [-0.4, -0.2) is 19.7 Å². The summed E-state index contributed by atoms with van der Waals surface area (Å²) >= 11 is 0. The molecule has 178 valence electrons. The number of benzene rings is 4. The zero-order valence-corrected chi connectivity index (χ0v) is 19.0. The molecule has 0 unspecified atom stereocenters. The number of halogens is 3. The molecule has 0 amide bonds. The van der Waals surface area contributed by atoms with E-state index in [1.807, 2.05) is 0 Å². The minimum atomic E-state index is -1.01. The Labute approximate surface area is 200 Å². The summed E-state index contributed by atoms with van der Waals surface area (Å²) in [6, 6.07) is 19.2. The fourth-order valence-corrected chi connectivity index (χ4v) is 3.53. The van der Waals surface area contributed by atoms with Gasteiger partial charge in [-0.05, 0) is 54.4 Å². The van der Waals surface area contributed by atoms with Crippen molar-refractivity contribution in [1.82, 2.24) is 0 Å². The van der Waals surface area contributed by atoms with Crippen LogP contribution in [0.5, 0.6) is 17.2 Å². The van der Waals surface area contributed by atoms with E-state index in [0.717, 1.165) is 6.07 Å². The van der Waals surface area contributed by atoms with Crippen LogP contribution >= 0.6 is 0 Å². The first kappa shape index (κ1) is 23.9. The third kappa shape index (κ3) is 5.14. The molecule has 4 aromatic carbocycles. The lowest BCUT2D eigenvalue weighted by atomic mass is 9.98. The van der Waals surface area contributed by atoms with Crippen LogP contribution in [0.1, 0.15) is 17.3 Å². The van der Waals surface area contributed by atoms with Crippen LogP contribution in [-0.2, 0) is 0 Å². The molecule has 0 atom stereocenters. The lowest BCUT2D eigenvalue weighted by Crippen LogP contribution is -2.09. The fraction of sp³-hybridized carbons (Fsp3) is 0.107. The van der Waals surface area contributed by atoms with Crippen molar-refractivity contribution in [2.75, 3.05) is 13.7 Å². The van der Waals surface area contributed by atoms with Crippen LogP contribution in [0.15, 0.2) is 78.9 Å². The molecular formula is C28H21F3O4. The van der Waals surface area contributed by atoms with E-state index in [-0.39, 0.29) is 22.4 Å². The Kier molecular flexibility index (Phi) is 7.06. The zero-order chi connectivity index (χ0) is 24.9. The van der Waals surface area contributed by atoms with Gasteiger partial charge in [0, 0.05) is 17.2 Å². The van der Waals surface area contributed by atoms with Crippen molar-refractivity contribution in [3.05, 3.63) is 102 Å². The predicted molar refractivity (Wildman–Crippen MR) is 126 cm³/mol. The first-order chi connectivity index (χ1) is 16.9. The molecule has 0 heterocycles. The van der Waals surface area contributed by atoms with Gasteiger partial charge in [0.05, 0.1) is 19.3 Å². The molecule has 4 aromatic rings. The SMILES string of the molecule is CCOc1ccc(OC(=O)c2ccc(-c3ccc(-c4ccc(OC)cc4)c(F)c3F)cc2)c(F)c1. The fourth-order valence-electron chi connectivity index (χ4n) is 3.53. The molecule has 0 aliphatic heterocycles. The maximum Gasteiger partial charge on any atom is 0.343 e. The number of hydrogen-bond donors (Lipinski definition) is 0. The number of carbonyl (C=O) groups excluding carboxylic acids is 1. The molecule has 0 saturated carbocycles. The average Bonchev–Trinajstić information content (AvgIpc) is 2.87. The summed E-state index contributed by atoms with van der Waals surface area (Å²) in [5.74, 6) is -2.84. The number of hydrogen-bond acceptors (Lipinski definition) is 4. The molecule has 0 N–H and O–H groups in total. The Hall–Kier alpha value is -4.26. The van der Waals surface area contributed by atoms with E-state index in [4.69, 9.17) is 14.2 Å². The Bertz CT molecular complexity index is 1350. The van der Waals surface area contributed by atoms with Gasteiger partial charge < -0.3 is 14.2 Å². The van der Waals surface area contributed by atoms with Gasteiger partial charge in [0.1, 0.15) is 11.5 Å². The van der Waals surface area contributed by atoms with E-state index in [1.54, 1.807) is 31.2 Å². The second-order valence-electron chi connectivity index (χ2n) is 7.51. The largest absolute Gasteiger partial charge is 0.497 e. The Morgan fingerprint density at radius 1 is 0.743 bits per heavy atom. The quantitative estimate of drug-likeness (QED) is 0.211. The van der Waals surface area contributed by atoms with Crippen LogP contribution in [0.2, 0.25) is 0 Å². The Morgan fingerprint density at radius 3 is 1.80 bits per heavy atom. The van der Waals surface area contributed by atoms with E-state index in [2.05, 4.69) is 0 Å². The molecule has 4 rings (SSSR count). The second kappa shape index (κ2) is 10.3. The van der Waals surface area contributed by atoms with Crippen LogP contribution in [0, 0.1) is 17.5 Å². The highest BCUT2D eigenvalue weighted by molar-refractivity contribution is 5.91. The summed E-state index contributed by atoms with van der Waals surface area (Å²) in [5.41, 5.74) is 1.15. The van der Waals surface area contributed by atoms with Crippen LogP contribution in [0.25, 0.3) is 22.3 Å². The number of methoxy groups -OCH3 is 1. The lowest BCUT2D eigenvalue weighted by Gasteiger charge is -2.11. The number of rotatable bonds is 7. The molecule has 0 spiro atoms. The minimum Gasteiger partial charge on any atom is -0.497 e. The number of carbonyl (C=O) groups is 1. The van der Waals surface area contributed by atoms with E-state index in [0.29, 0.717) is 29.2 Å². The lowest BCUT2D eigenvalue weighted by molar-refractivity contribution is 0.0727. The molecule has 7 heteroatoms. The molecular weight excluding hydrogens is 457 g/mol. The smallest absolute Gasteiger partial charge is 0.343 e. The molecule has 0 bridgehead atoms. The van der Waals surface area contributed by atoms with E-state index in [9.17, 15) is 18.0 Å². The number of ether oxygens (including phenoxy) is 3. The number of esters is 1. The highest BCUT2D eigenvalue weighted by Crippen LogP contribution is 2.32. The monoisotopic (exact) mass is 478 g/mol. The minimum absolute atomic E-state index is 0.0391. The van der Waals surface area contributed by atoms with Crippen molar-refractivity contribution in [3.8, 4) is 39.5 Å². The topological polar surface area (TPSA) is 44.8 Å². The predicted octanol–water partition coefficient (Wildman–Crippen LogP) is 7.06. The van der Waals surface area contributed by atoms with Gasteiger partial charge in [-0.2, -0.15) is 0 Å². The van der Waals surface area contributed by atoms with Gasteiger partial charge >= 0.3 is 5.97 Å². The average molecular weight is 478 g/mol. The van der Waals surface area contributed by atoms with Crippen molar-refractivity contribution >= 4 is 5.97 Å². The van der Waals surface area contributed by atoms with Crippen LogP contribution < -0.4 is 14.2 Å². The summed E-state index contributed by atoms with van der Waals surface area (Å²) in [4.78, 5) is 12.4. The first-order valence-electron chi connectivity index (χ1n) is 10.8. The molecule has 0 saturated heterocycles. The summed E-state index contributed by atoms with van der Waals surface area (Å²) in [5, 5.41) is 0. The molecule has 0 fully saturated rings. The molecule has 35 heavy (non-hydrogen) atoms. The maximum atomic E-state index is 14.9. The van der Waals surface area contributed by atoms with Gasteiger partial charge in [-0.1, -0.05) is 36.4 Å². The van der Waals surface area contributed by atoms with Crippen molar-refractivity contribution in [2.24, 2.45) is 0 Å². The summed E-state index contributed by atoms with van der Waals surface area (Å²) < 4.78 is 59.4. The van der Waals surface area contributed by atoms with Gasteiger partial charge in [-0.25, -0.2) is 18.0 Å². The van der Waals surface area contributed by atoms with Crippen molar-refractivity contribution in [2.45, 2.75) is 6.92 Å². The van der Waals surface area contributed by atoms with Crippen molar-refractivity contribution < 1.29 is 32.2 Å². The third-order valence-corrected chi connectivity index (χ3v) is 5.33. The van der Waals surface area contributed by atoms with Gasteiger partial charge in [0.2, 0.25) is 0 Å². The van der Waals surface area contributed by atoms with Gasteiger partial charge in [-0.3, -0.25) is 0 Å². The molecule has 0 aliphatic rings. The second-order valence-corrected chi connectivity index (χ2v) is 7.51. The molecule has 0 radical (unpaired) electrons. The standard InChI is InChI=1S/C28H21F3O4/c1-3-34-21-12-15-25(24(29)16-21)35-28(32)19-6-4-17(5-7-19)22-13-14-23(27(31)26(22)30)18-8-10-20(33-2)11-9-18/h4-16H,3H2,1-2H3. The highest BCUT2D eigenvalue weighted by Gasteiger charge is 2.17. The van der Waals surface area contributed by atoms with Crippen LogP contribution in [0.4, 0.5) is 13.2 Å². The highest BCUT2D eigenvalue weighted by atomic mass is 19.2. The Balaban J connectivity index is 1.53. The van der Waals surface area contributed by atoms with E-state index < -0.39 is 23.4 Å². The van der Waals surface area contributed by atoms with Crippen molar-refractivity contribution in [1.29, 1.82) is 0 Å². The Morgan fingerprint density at radius 2 is 1.29 bits per heavy atom. The molecule has 0 aliphatic carbocycles. The van der Waals surface area contributed by atoms with E-state index in [1.165, 1.54) is 55.6 Å². The molecule has 0 aromatic heterocycles. The van der Waals surface area contributed by atoms with Gasteiger partial charge in [-0.15, -0.1) is 0 Å². The van der Waals surface area contributed by atoms with Crippen LogP contribution in [0.3, 0.4) is 0 Å². The summed E-state index contributed by atoms with van der Waals surface area (Å²) in [6.07, 6.45) is 0. The third-order valence-electron chi connectivity index (χ3n) is 5.33. The normalized spacial score (nSPS) is 10.7. The van der Waals surface area contributed by atoms with Gasteiger partial charge in [0.25, 0.3) is 0 Å². The summed E-state index contributed by atoms with van der Waals surface area (Å²) in [7, 11) is 1.52. The maximum absolute atomic E-state index is 14.9. The summed E-state index contributed by atoms with van der Waals surface area (Å²) in [6.45, 7) is 2.14.